The first-order valence-electron chi connectivity index (χ1n) is 10.7. The van der Waals surface area contributed by atoms with Crippen molar-refractivity contribution in [1.29, 1.82) is 0 Å². The van der Waals surface area contributed by atoms with E-state index in [0.29, 0.717) is 38.2 Å². The van der Waals surface area contributed by atoms with Gasteiger partial charge >= 0.3 is 6.03 Å². The highest BCUT2D eigenvalue weighted by molar-refractivity contribution is 6.14. The molecule has 1 aliphatic rings. The number of amides is 4. The standard InChI is InChI=1S/C24H29N3O4/c1-3-25(4-2)21(28)16-11-17-31-18-26-23(29)22(19-12-7-5-8-13-19)27(24(26)30)20-14-9-6-10-15-20/h5-10,12-15,22H,3-4,11,16-18H2,1-2H3. The Hall–Kier alpha value is -3.19. The number of urea groups is 1. The topological polar surface area (TPSA) is 70.2 Å². The number of benzene rings is 2. The van der Waals surface area contributed by atoms with Gasteiger partial charge in [-0.3, -0.25) is 14.5 Å². The third-order valence-corrected chi connectivity index (χ3v) is 5.36. The summed E-state index contributed by atoms with van der Waals surface area (Å²) in [6.45, 7) is 5.43. The van der Waals surface area contributed by atoms with Crippen molar-refractivity contribution in [3.63, 3.8) is 0 Å². The van der Waals surface area contributed by atoms with E-state index in [1.807, 2.05) is 74.5 Å². The second kappa shape index (κ2) is 10.7. The van der Waals surface area contributed by atoms with Crippen molar-refractivity contribution >= 4 is 23.5 Å². The van der Waals surface area contributed by atoms with Gasteiger partial charge in [0.1, 0.15) is 12.8 Å². The van der Waals surface area contributed by atoms with Crippen LogP contribution in [-0.4, -0.2) is 54.1 Å². The second-order valence-electron chi connectivity index (χ2n) is 7.27. The van der Waals surface area contributed by atoms with Crippen LogP contribution in [0.2, 0.25) is 0 Å². The SMILES string of the molecule is CCN(CC)C(=O)CCCOCN1C(=O)C(c2ccccc2)N(c2ccccc2)C1=O. The molecule has 0 saturated carbocycles. The number of hydrogen-bond donors (Lipinski definition) is 0. The molecule has 3 rings (SSSR count). The molecule has 1 unspecified atom stereocenters. The molecule has 0 radical (unpaired) electrons. The lowest BCUT2D eigenvalue weighted by Crippen LogP contribution is -2.35. The van der Waals surface area contributed by atoms with Crippen molar-refractivity contribution in [3.05, 3.63) is 66.2 Å². The summed E-state index contributed by atoms with van der Waals surface area (Å²) in [4.78, 5) is 42.8. The van der Waals surface area contributed by atoms with Crippen LogP contribution in [0.1, 0.15) is 38.3 Å². The van der Waals surface area contributed by atoms with Crippen molar-refractivity contribution in [1.82, 2.24) is 9.80 Å². The Morgan fingerprint density at radius 1 is 0.968 bits per heavy atom. The number of rotatable bonds is 10. The molecule has 7 heteroatoms. The molecule has 0 bridgehead atoms. The maximum atomic E-state index is 13.2. The third kappa shape index (κ3) is 5.11. The molecule has 31 heavy (non-hydrogen) atoms. The molecule has 2 aromatic rings. The van der Waals surface area contributed by atoms with Gasteiger partial charge in [-0.1, -0.05) is 48.5 Å². The number of para-hydroxylation sites is 1. The Labute approximate surface area is 183 Å². The molecule has 4 amide bonds. The zero-order chi connectivity index (χ0) is 22.2. The zero-order valence-corrected chi connectivity index (χ0v) is 18.1. The van der Waals surface area contributed by atoms with E-state index in [0.717, 1.165) is 10.5 Å². The van der Waals surface area contributed by atoms with Gasteiger partial charge in [0.2, 0.25) is 5.91 Å². The van der Waals surface area contributed by atoms with E-state index in [9.17, 15) is 14.4 Å². The van der Waals surface area contributed by atoms with Crippen LogP contribution in [-0.2, 0) is 14.3 Å². The number of imide groups is 1. The smallest absolute Gasteiger partial charge is 0.334 e. The highest BCUT2D eigenvalue weighted by Gasteiger charge is 2.46. The van der Waals surface area contributed by atoms with Crippen molar-refractivity contribution < 1.29 is 19.1 Å². The summed E-state index contributed by atoms with van der Waals surface area (Å²) < 4.78 is 5.61. The number of carbonyl (C=O) groups is 3. The summed E-state index contributed by atoms with van der Waals surface area (Å²) in [5, 5.41) is 0. The molecule has 1 atom stereocenters. The molecule has 0 N–H and O–H groups in total. The molecule has 1 saturated heterocycles. The minimum absolute atomic E-state index is 0.0846. The molecule has 7 nitrogen and oxygen atoms in total. The Balaban J connectivity index is 1.65. The van der Waals surface area contributed by atoms with Gasteiger partial charge in [0, 0.05) is 31.8 Å². The lowest BCUT2D eigenvalue weighted by molar-refractivity contribution is -0.133. The highest BCUT2D eigenvalue weighted by atomic mass is 16.5. The van der Waals surface area contributed by atoms with E-state index in [4.69, 9.17) is 4.74 Å². The van der Waals surface area contributed by atoms with E-state index in [1.165, 1.54) is 4.90 Å². The first-order valence-corrected chi connectivity index (χ1v) is 10.7. The lowest BCUT2D eigenvalue weighted by atomic mass is 10.1. The number of ether oxygens (including phenoxy) is 1. The highest BCUT2D eigenvalue weighted by Crippen LogP contribution is 2.35. The summed E-state index contributed by atoms with van der Waals surface area (Å²) >= 11 is 0. The van der Waals surface area contributed by atoms with E-state index in [-0.39, 0.29) is 18.5 Å². The minimum atomic E-state index is -0.732. The van der Waals surface area contributed by atoms with Crippen molar-refractivity contribution in [2.75, 3.05) is 31.3 Å². The fourth-order valence-corrected chi connectivity index (χ4v) is 3.70. The fraction of sp³-hybridized carbons (Fsp3) is 0.375. The summed E-state index contributed by atoms with van der Waals surface area (Å²) in [7, 11) is 0. The Kier molecular flexibility index (Phi) is 7.78. The maximum Gasteiger partial charge on any atom is 0.334 e. The van der Waals surface area contributed by atoms with Crippen LogP contribution in [0.5, 0.6) is 0 Å². The first-order chi connectivity index (χ1) is 15.1. The monoisotopic (exact) mass is 423 g/mol. The van der Waals surface area contributed by atoms with E-state index < -0.39 is 12.1 Å². The van der Waals surface area contributed by atoms with Gasteiger partial charge in [-0.05, 0) is 38.0 Å². The van der Waals surface area contributed by atoms with Crippen LogP contribution in [0.3, 0.4) is 0 Å². The van der Waals surface area contributed by atoms with Crippen LogP contribution in [0.15, 0.2) is 60.7 Å². The van der Waals surface area contributed by atoms with Crippen molar-refractivity contribution in [3.8, 4) is 0 Å². The molecular weight excluding hydrogens is 394 g/mol. The second-order valence-corrected chi connectivity index (χ2v) is 7.27. The van der Waals surface area contributed by atoms with Gasteiger partial charge < -0.3 is 9.64 Å². The molecule has 2 aromatic carbocycles. The molecule has 164 valence electrons. The Morgan fingerprint density at radius 2 is 1.58 bits per heavy atom. The summed E-state index contributed by atoms with van der Waals surface area (Å²) in [6, 6.07) is 17.3. The summed E-state index contributed by atoms with van der Waals surface area (Å²) in [5.74, 6) is -0.236. The van der Waals surface area contributed by atoms with Crippen LogP contribution in [0.25, 0.3) is 0 Å². The average molecular weight is 424 g/mol. The average Bonchev–Trinajstić information content (AvgIpc) is 3.05. The van der Waals surface area contributed by atoms with Crippen molar-refractivity contribution in [2.45, 2.75) is 32.7 Å². The molecule has 0 aromatic heterocycles. The number of carbonyl (C=O) groups excluding carboxylic acids is 3. The summed E-state index contributed by atoms with van der Waals surface area (Å²) in [6.07, 6.45) is 0.919. The Bertz CT molecular complexity index is 827. The fourth-order valence-electron chi connectivity index (χ4n) is 3.70. The van der Waals surface area contributed by atoms with Gasteiger partial charge in [-0.15, -0.1) is 0 Å². The molecule has 1 fully saturated rings. The van der Waals surface area contributed by atoms with Crippen LogP contribution in [0.4, 0.5) is 10.5 Å². The summed E-state index contributed by atoms with van der Waals surface area (Å²) in [5.41, 5.74) is 1.40. The largest absolute Gasteiger partial charge is 0.360 e. The minimum Gasteiger partial charge on any atom is -0.360 e. The van der Waals surface area contributed by atoms with Crippen LogP contribution < -0.4 is 4.90 Å². The molecule has 0 aliphatic carbocycles. The zero-order valence-electron chi connectivity index (χ0n) is 18.1. The van der Waals surface area contributed by atoms with Crippen LogP contribution in [0, 0.1) is 0 Å². The molecule has 1 heterocycles. The predicted molar refractivity (Wildman–Crippen MR) is 118 cm³/mol. The third-order valence-electron chi connectivity index (χ3n) is 5.36. The maximum absolute atomic E-state index is 13.2. The van der Waals surface area contributed by atoms with Gasteiger partial charge in [-0.2, -0.15) is 0 Å². The lowest BCUT2D eigenvalue weighted by Gasteiger charge is -2.22. The van der Waals surface area contributed by atoms with Gasteiger partial charge in [0.05, 0.1) is 0 Å². The molecular formula is C24H29N3O4. The molecule has 0 spiro atoms. The van der Waals surface area contributed by atoms with Gasteiger partial charge in [-0.25, -0.2) is 9.69 Å². The first kappa shape index (κ1) is 22.5. The Morgan fingerprint density at radius 3 is 2.19 bits per heavy atom. The predicted octanol–water partition coefficient (Wildman–Crippen LogP) is 3.82. The van der Waals surface area contributed by atoms with E-state index in [1.54, 1.807) is 4.90 Å². The van der Waals surface area contributed by atoms with Gasteiger partial charge in [0.15, 0.2) is 0 Å². The van der Waals surface area contributed by atoms with Crippen molar-refractivity contribution in [2.24, 2.45) is 0 Å². The van der Waals surface area contributed by atoms with Crippen LogP contribution >= 0.6 is 0 Å². The molecule has 1 aliphatic heterocycles. The number of hydrogen-bond acceptors (Lipinski definition) is 4. The van der Waals surface area contributed by atoms with E-state index >= 15 is 0 Å². The van der Waals surface area contributed by atoms with Gasteiger partial charge in [0.25, 0.3) is 5.91 Å². The van der Waals surface area contributed by atoms with E-state index in [2.05, 4.69) is 0 Å². The number of nitrogens with zero attached hydrogens (tertiary/aromatic N) is 3. The quantitative estimate of drug-likeness (QED) is 0.430. The normalized spacial score (nSPS) is 16.1. The number of anilines is 1.